The van der Waals surface area contributed by atoms with Gasteiger partial charge >= 0.3 is 0 Å². The molecule has 0 bridgehead atoms. The van der Waals surface area contributed by atoms with Crippen LogP contribution in [0.25, 0.3) is 0 Å². The fraction of sp³-hybridized carbons (Fsp3) is 0.538. The van der Waals surface area contributed by atoms with E-state index in [1.807, 2.05) is 26.0 Å². The van der Waals surface area contributed by atoms with Crippen molar-refractivity contribution >= 4 is 0 Å². The van der Waals surface area contributed by atoms with E-state index in [0.717, 1.165) is 18.7 Å². The maximum atomic E-state index is 9.16. The van der Waals surface area contributed by atoms with Gasteiger partial charge in [-0.2, -0.15) is 0 Å². The predicted molar refractivity (Wildman–Crippen MR) is 64.7 cm³/mol. The van der Waals surface area contributed by atoms with E-state index in [1.165, 1.54) is 0 Å². The lowest BCUT2D eigenvalue weighted by atomic mass is 10.2. The highest BCUT2D eigenvalue weighted by Crippen LogP contribution is 2.21. The molecule has 2 N–H and O–H groups in total. The Labute approximate surface area is 102 Å². The van der Waals surface area contributed by atoms with Gasteiger partial charge in [-0.25, -0.2) is 0 Å². The van der Waals surface area contributed by atoms with Crippen LogP contribution in [0.15, 0.2) is 24.3 Å². The van der Waals surface area contributed by atoms with Crippen LogP contribution >= 0.6 is 0 Å². The van der Waals surface area contributed by atoms with Gasteiger partial charge in [0.25, 0.3) is 0 Å². The average molecular weight is 237 g/mol. The van der Waals surface area contributed by atoms with Crippen LogP contribution in [0.3, 0.4) is 0 Å². The number of ether oxygens (including phenoxy) is 2. The molecule has 1 aliphatic rings. The summed E-state index contributed by atoms with van der Waals surface area (Å²) in [5.41, 5.74) is 1.14. The summed E-state index contributed by atoms with van der Waals surface area (Å²) in [6.45, 7) is 6.01. The first kappa shape index (κ1) is 12.4. The summed E-state index contributed by atoms with van der Waals surface area (Å²) in [7, 11) is 0. The van der Waals surface area contributed by atoms with Crippen LogP contribution < -0.4 is 5.32 Å². The Bertz CT molecular complexity index is 361. The molecule has 0 aliphatic carbocycles. The van der Waals surface area contributed by atoms with E-state index in [4.69, 9.17) is 14.6 Å². The quantitative estimate of drug-likeness (QED) is 0.835. The van der Waals surface area contributed by atoms with Gasteiger partial charge in [-0.1, -0.05) is 12.1 Å². The van der Waals surface area contributed by atoms with Crippen molar-refractivity contribution < 1.29 is 14.6 Å². The summed E-state index contributed by atoms with van der Waals surface area (Å²) in [6, 6.07) is 7.18. The first-order valence-corrected chi connectivity index (χ1v) is 5.85. The van der Waals surface area contributed by atoms with E-state index in [2.05, 4.69) is 5.32 Å². The number of aromatic hydroxyl groups is 1. The number of hydrogen-bond donors (Lipinski definition) is 2. The minimum absolute atomic E-state index is 0.113. The number of hydrogen-bond acceptors (Lipinski definition) is 4. The van der Waals surface area contributed by atoms with E-state index in [0.29, 0.717) is 12.4 Å². The molecule has 0 radical (unpaired) electrons. The Kier molecular flexibility index (Phi) is 3.66. The van der Waals surface area contributed by atoms with Gasteiger partial charge in [-0.3, -0.25) is 0 Å². The molecule has 0 saturated carbocycles. The minimum atomic E-state index is -0.453. The van der Waals surface area contributed by atoms with Gasteiger partial charge in [0.1, 0.15) is 5.75 Å². The van der Waals surface area contributed by atoms with Crippen LogP contribution in [0.4, 0.5) is 0 Å². The molecule has 1 saturated heterocycles. The van der Waals surface area contributed by atoms with Crippen LogP contribution in [0.5, 0.6) is 5.75 Å². The van der Waals surface area contributed by atoms with Crippen molar-refractivity contribution in [2.24, 2.45) is 0 Å². The van der Waals surface area contributed by atoms with Crippen molar-refractivity contribution in [3.8, 4) is 5.75 Å². The molecule has 0 spiro atoms. The minimum Gasteiger partial charge on any atom is -0.508 e. The molecule has 4 nitrogen and oxygen atoms in total. The molecule has 1 heterocycles. The molecular weight excluding hydrogens is 218 g/mol. The number of phenolic OH excluding ortho intramolecular Hbond substituents is 1. The molecule has 94 valence electrons. The van der Waals surface area contributed by atoms with E-state index >= 15 is 0 Å². The summed E-state index contributed by atoms with van der Waals surface area (Å²) in [5.74, 6) is -0.159. The maximum Gasteiger partial charge on any atom is 0.163 e. The van der Waals surface area contributed by atoms with Crippen molar-refractivity contribution in [2.45, 2.75) is 32.3 Å². The smallest absolute Gasteiger partial charge is 0.163 e. The van der Waals surface area contributed by atoms with Gasteiger partial charge in [-0.05, 0) is 31.5 Å². The molecule has 1 aromatic carbocycles. The number of nitrogens with one attached hydrogen (secondary N) is 1. The normalized spacial score (nSPS) is 22.8. The monoisotopic (exact) mass is 237 g/mol. The summed E-state index contributed by atoms with van der Waals surface area (Å²) >= 11 is 0. The third-order valence-corrected chi connectivity index (χ3v) is 2.70. The van der Waals surface area contributed by atoms with Gasteiger partial charge in [0.05, 0.1) is 12.7 Å². The van der Waals surface area contributed by atoms with E-state index < -0.39 is 5.79 Å². The van der Waals surface area contributed by atoms with E-state index in [1.54, 1.807) is 12.1 Å². The van der Waals surface area contributed by atoms with E-state index in [-0.39, 0.29) is 6.10 Å². The highest BCUT2D eigenvalue weighted by molar-refractivity contribution is 5.25. The van der Waals surface area contributed by atoms with Crippen molar-refractivity contribution in [2.75, 3.05) is 13.2 Å². The van der Waals surface area contributed by atoms with Crippen LogP contribution in [-0.2, 0) is 16.0 Å². The zero-order chi connectivity index (χ0) is 12.3. The Morgan fingerprint density at radius 3 is 2.65 bits per heavy atom. The fourth-order valence-corrected chi connectivity index (χ4v) is 1.85. The molecule has 1 atom stereocenters. The van der Waals surface area contributed by atoms with Gasteiger partial charge in [0.15, 0.2) is 5.79 Å². The Hall–Kier alpha value is -1.10. The van der Waals surface area contributed by atoms with Crippen LogP contribution in [0.1, 0.15) is 19.4 Å². The zero-order valence-electron chi connectivity index (χ0n) is 10.3. The standard InChI is InChI=1S/C13H19NO3/c1-13(2)16-9-12(17-13)8-14-7-10-3-5-11(15)6-4-10/h3-6,12,14-15H,7-9H2,1-2H3. The molecule has 0 amide bonds. The molecular formula is C13H19NO3. The lowest BCUT2D eigenvalue weighted by Crippen LogP contribution is -2.30. The molecule has 2 rings (SSSR count). The molecule has 1 aromatic rings. The van der Waals surface area contributed by atoms with Gasteiger partial charge < -0.3 is 19.9 Å². The fourth-order valence-electron chi connectivity index (χ4n) is 1.85. The second-order valence-corrected chi connectivity index (χ2v) is 4.75. The van der Waals surface area contributed by atoms with Crippen LogP contribution in [0, 0.1) is 0 Å². The van der Waals surface area contributed by atoms with Crippen LogP contribution in [0.2, 0.25) is 0 Å². The van der Waals surface area contributed by atoms with Gasteiger partial charge in [0.2, 0.25) is 0 Å². The number of rotatable bonds is 4. The number of benzene rings is 1. The summed E-state index contributed by atoms with van der Waals surface area (Å²) in [6.07, 6.45) is 0.113. The third kappa shape index (κ3) is 3.70. The van der Waals surface area contributed by atoms with Gasteiger partial charge in [0, 0.05) is 13.1 Å². The highest BCUT2D eigenvalue weighted by atomic mass is 16.7. The first-order chi connectivity index (χ1) is 8.05. The summed E-state index contributed by atoms with van der Waals surface area (Å²) in [5, 5.41) is 12.5. The second kappa shape index (κ2) is 5.04. The maximum absolute atomic E-state index is 9.16. The second-order valence-electron chi connectivity index (χ2n) is 4.75. The SMILES string of the molecule is CC1(C)OCC(CNCc2ccc(O)cc2)O1. The van der Waals surface area contributed by atoms with Crippen molar-refractivity contribution in [3.63, 3.8) is 0 Å². The van der Waals surface area contributed by atoms with Crippen LogP contribution in [-0.4, -0.2) is 30.1 Å². The highest BCUT2D eigenvalue weighted by Gasteiger charge is 2.32. The van der Waals surface area contributed by atoms with Crippen molar-refractivity contribution in [1.29, 1.82) is 0 Å². The topological polar surface area (TPSA) is 50.7 Å². The molecule has 0 aromatic heterocycles. The van der Waals surface area contributed by atoms with Crippen molar-refractivity contribution in [3.05, 3.63) is 29.8 Å². The molecule has 1 aliphatic heterocycles. The zero-order valence-corrected chi connectivity index (χ0v) is 10.3. The molecule has 17 heavy (non-hydrogen) atoms. The lowest BCUT2D eigenvalue weighted by molar-refractivity contribution is -0.137. The van der Waals surface area contributed by atoms with Gasteiger partial charge in [-0.15, -0.1) is 0 Å². The van der Waals surface area contributed by atoms with E-state index in [9.17, 15) is 0 Å². The summed E-state index contributed by atoms with van der Waals surface area (Å²) < 4.78 is 11.2. The summed E-state index contributed by atoms with van der Waals surface area (Å²) in [4.78, 5) is 0. The Morgan fingerprint density at radius 1 is 1.35 bits per heavy atom. The average Bonchev–Trinajstić information content (AvgIpc) is 2.61. The van der Waals surface area contributed by atoms with Crippen molar-refractivity contribution in [1.82, 2.24) is 5.32 Å². The Morgan fingerprint density at radius 2 is 2.06 bits per heavy atom. The predicted octanol–water partition coefficient (Wildman–Crippen LogP) is 1.63. The lowest BCUT2D eigenvalue weighted by Gasteiger charge is -2.17. The first-order valence-electron chi connectivity index (χ1n) is 5.85. The molecule has 4 heteroatoms. The number of phenols is 1. The molecule has 1 fully saturated rings. The molecule has 1 unspecified atom stereocenters. The largest absolute Gasteiger partial charge is 0.508 e. The Balaban J connectivity index is 1.71. The third-order valence-electron chi connectivity index (χ3n) is 2.70.